The van der Waals surface area contributed by atoms with E-state index in [1.807, 2.05) is 13.0 Å². The van der Waals surface area contributed by atoms with Crippen LogP contribution in [0.1, 0.15) is 32.3 Å². The summed E-state index contributed by atoms with van der Waals surface area (Å²) in [7, 11) is 0. The van der Waals surface area contributed by atoms with Gasteiger partial charge in [-0.3, -0.25) is 0 Å². The zero-order valence-electron chi connectivity index (χ0n) is 9.01. The number of benzene rings is 1. The maximum absolute atomic E-state index is 13.1. The molecule has 0 aliphatic rings. The number of rotatable bonds is 4. The molecule has 0 radical (unpaired) electrons. The molecule has 78 valence electrons. The van der Waals surface area contributed by atoms with Crippen LogP contribution >= 0.6 is 0 Å². The second kappa shape index (κ2) is 4.99. The van der Waals surface area contributed by atoms with Crippen molar-refractivity contribution in [1.82, 2.24) is 0 Å². The molecule has 0 amide bonds. The molecule has 1 nitrogen and oxygen atoms in total. The lowest BCUT2D eigenvalue weighted by atomic mass is 10.2. The van der Waals surface area contributed by atoms with E-state index in [1.54, 1.807) is 13.0 Å². The summed E-state index contributed by atoms with van der Waals surface area (Å²) in [6.07, 6.45) is 2.23. The van der Waals surface area contributed by atoms with E-state index in [0.29, 0.717) is 11.3 Å². The topological polar surface area (TPSA) is 9.23 Å². The highest BCUT2D eigenvalue weighted by Gasteiger charge is 2.04. The standard InChI is InChI=1S/C12H17FO/c1-4-5-10(3)14-11-7-6-9(2)12(13)8-11/h6-8,10H,4-5H2,1-3H3. The Morgan fingerprint density at radius 2 is 2.14 bits per heavy atom. The third-order valence-electron chi connectivity index (χ3n) is 2.18. The number of hydrogen-bond acceptors (Lipinski definition) is 1. The summed E-state index contributed by atoms with van der Waals surface area (Å²) >= 11 is 0. The van der Waals surface area contributed by atoms with Crippen molar-refractivity contribution in [3.8, 4) is 5.75 Å². The highest BCUT2D eigenvalue weighted by molar-refractivity contribution is 5.28. The average Bonchev–Trinajstić information content (AvgIpc) is 2.12. The molecule has 0 saturated heterocycles. The average molecular weight is 196 g/mol. The zero-order valence-corrected chi connectivity index (χ0v) is 9.01. The van der Waals surface area contributed by atoms with Gasteiger partial charge in [0, 0.05) is 6.07 Å². The summed E-state index contributed by atoms with van der Waals surface area (Å²) in [5.74, 6) is 0.417. The predicted molar refractivity (Wildman–Crippen MR) is 56.1 cm³/mol. The van der Waals surface area contributed by atoms with Crippen molar-refractivity contribution >= 4 is 0 Å². The minimum absolute atomic E-state index is 0.155. The summed E-state index contributed by atoms with van der Waals surface area (Å²) in [5.41, 5.74) is 0.653. The molecule has 1 atom stereocenters. The molecule has 2 heteroatoms. The molecule has 1 rings (SSSR count). The second-order valence-corrected chi connectivity index (χ2v) is 3.63. The van der Waals surface area contributed by atoms with Crippen molar-refractivity contribution < 1.29 is 9.13 Å². The minimum Gasteiger partial charge on any atom is -0.491 e. The number of halogens is 1. The van der Waals surface area contributed by atoms with Crippen molar-refractivity contribution in [2.45, 2.75) is 39.7 Å². The molecule has 0 saturated carbocycles. The van der Waals surface area contributed by atoms with Crippen LogP contribution in [0.3, 0.4) is 0 Å². The summed E-state index contributed by atoms with van der Waals surface area (Å²) in [4.78, 5) is 0. The number of aryl methyl sites for hydroxylation is 1. The van der Waals surface area contributed by atoms with Gasteiger partial charge in [0.15, 0.2) is 0 Å². The van der Waals surface area contributed by atoms with E-state index in [9.17, 15) is 4.39 Å². The van der Waals surface area contributed by atoms with Crippen LogP contribution in [0.5, 0.6) is 5.75 Å². The van der Waals surface area contributed by atoms with Crippen LogP contribution in [-0.4, -0.2) is 6.10 Å². The molecule has 0 heterocycles. The normalized spacial score (nSPS) is 12.6. The van der Waals surface area contributed by atoms with E-state index in [4.69, 9.17) is 4.74 Å². The summed E-state index contributed by atoms with van der Waals surface area (Å²) in [6, 6.07) is 5.00. The van der Waals surface area contributed by atoms with Crippen molar-refractivity contribution in [2.24, 2.45) is 0 Å². The van der Waals surface area contributed by atoms with E-state index < -0.39 is 0 Å². The summed E-state index contributed by atoms with van der Waals surface area (Å²) in [6.45, 7) is 5.85. The zero-order chi connectivity index (χ0) is 10.6. The molecule has 0 aliphatic heterocycles. The molecular weight excluding hydrogens is 179 g/mol. The van der Waals surface area contributed by atoms with Gasteiger partial charge in [-0.05, 0) is 31.9 Å². The lowest BCUT2D eigenvalue weighted by molar-refractivity contribution is 0.209. The van der Waals surface area contributed by atoms with Crippen LogP contribution < -0.4 is 4.74 Å². The fraction of sp³-hybridized carbons (Fsp3) is 0.500. The lowest BCUT2D eigenvalue weighted by Crippen LogP contribution is -2.11. The molecule has 0 fully saturated rings. The van der Waals surface area contributed by atoms with E-state index in [1.165, 1.54) is 6.07 Å². The fourth-order valence-corrected chi connectivity index (χ4v) is 1.34. The Bertz CT molecular complexity index is 296. The second-order valence-electron chi connectivity index (χ2n) is 3.63. The Hall–Kier alpha value is -1.05. The molecule has 0 bridgehead atoms. The van der Waals surface area contributed by atoms with Crippen LogP contribution in [0.15, 0.2) is 18.2 Å². The van der Waals surface area contributed by atoms with Gasteiger partial charge in [0.05, 0.1) is 6.10 Å². The van der Waals surface area contributed by atoms with Crippen LogP contribution in [0, 0.1) is 12.7 Å². The van der Waals surface area contributed by atoms with Crippen LogP contribution in [0.4, 0.5) is 4.39 Å². The first-order valence-electron chi connectivity index (χ1n) is 5.06. The van der Waals surface area contributed by atoms with Crippen molar-refractivity contribution in [3.63, 3.8) is 0 Å². The Morgan fingerprint density at radius 3 is 2.71 bits per heavy atom. The number of hydrogen-bond donors (Lipinski definition) is 0. The molecule has 0 aromatic heterocycles. The van der Waals surface area contributed by atoms with Gasteiger partial charge in [-0.25, -0.2) is 4.39 Å². The highest BCUT2D eigenvalue weighted by Crippen LogP contribution is 2.18. The Balaban J connectivity index is 2.63. The molecule has 1 aromatic rings. The molecule has 14 heavy (non-hydrogen) atoms. The third kappa shape index (κ3) is 3.02. The first-order valence-corrected chi connectivity index (χ1v) is 5.06. The van der Waals surface area contributed by atoms with Gasteiger partial charge < -0.3 is 4.74 Å². The van der Waals surface area contributed by atoms with Gasteiger partial charge >= 0.3 is 0 Å². The highest BCUT2D eigenvalue weighted by atomic mass is 19.1. The molecule has 1 unspecified atom stereocenters. The molecular formula is C12H17FO. The Morgan fingerprint density at radius 1 is 1.43 bits per heavy atom. The predicted octanol–water partition coefficient (Wildman–Crippen LogP) is 3.70. The van der Waals surface area contributed by atoms with Crippen LogP contribution in [0.25, 0.3) is 0 Å². The van der Waals surface area contributed by atoms with Gasteiger partial charge in [-0.1, -0.05) is 19.4 Å². The van der Waals surface area contributed by atoms with E-state index in [0.717, 1.165) is 12.8 Å². The van der Waals surface area contributed by atoms with Gasteiger partial charge in [-0.15, -0.1) is 0 Å². The third-order valence-corrected chi connectivity index (χ3v) is 2.18. The van der Waals surface area contributed by atoms with Crippen molar-refractivity contribution in [3.05, 3.63) is 29.6 Å². The molecule has 0 N–H and O–H groups in total. The maximum atomic E-state index is 13.1. The summed E-state index contributed by atoms with van der Waals surface area (Å²) in [5, 5.41) is 0. The van der Waals surface area contributed by atoms with Crippen LogP contribution in [-0.2, 0) is 0 Å². The minimum atomic E-state index is -0.203. The van der Waals surface area contributed by atoms with Crippen molar-refractivity contribution in [2.75, 3.05) is 0 Å². The first-order chi connectivity index (χ1) is 6.63. The quantitative estimate of drug-likeness (QED) is 0.713. The van der Waals surface area contributed by atoms with Gasteiger partial charge in [0.1, 0.15) is 11.6 Å². The monoisotopic (exact) mass is 196 g/mol. The molecule has 1 aromatic carbocycles. The summed E-state index contributed by atoms with van der Waals surface area (Å²) < 4.78 is 18.7. The Labute approximate surface area is 84.9 Å². The molecule has 0 spiro atoms. The SMILES string of the molecule is CCCC(C)Oc1ccc(C)c(F)c1. The van der Waals surface area contributed by atoms with E-state index in [-0.39, 0.29) is 11.9 Å². The largest absolute Gasteiger partial charge is 0.491 e. The lowest BCUT2D eigenvalue weighted by Gasteiger charge is -2.13. The molecule has 0 aliphatic carbocycles. The Kier molecular flexibility index (Phi) is 3.93. The maximum Gasteiger partial charge on any atom is 0.129 e. The number of ether oxygens (including phenoxy) is 1. The van der Waals surface area contributed by atoms with Crippen molar-refractivity contribution in [1.29, 1.82) is 0 Å². The van der Waals surface area contributed by atoms with Crippen LogP contribution in [0.2, 0.25) is 0 Å². The van der Waals surface area contributed by atoms with E-state index in [2.05, 4.69) is 6.92 Å². The fourth-order valence-electron chi connectivity index (χ4n) is 1.34. The first kappa shape index (κ1) is 11.0. The van der Waals surface area contributed by atoms with Gasteiger partial charge in [0.25, 0.3) is 0 Å². The van der Waals surface area contributed by atoms with Gasteiger partial charge in [-0.2, -0.15) is 0 Å². The van der Waals surface area contributed by atoms with E-state index >= 15 is 0 Å². The smallest absolute Gasteiger partial charge is 0.129 e. The van der Waals surface area contributed by atoms with Gasteiger partial charge in [0.2, 0.25) is 0 Å².